The van der Waals surface area contributed by atoms with Gasteiger partial charge in [0.25, 0.3) is 5.91 Å². The molecule has 0 spiro atoms. The van der Waals surface area contributed by atoms with Crippen LogP contribution in [0.1, 0.15) is 22.3 Å². The molecule has 0 saturated heterocycles. The van der Waals surface area contributed by atoms with Crippen LogP contribution in [0.5, 0.6) is 0 Å². The number of amides is 1. The number of fused-ring (bicyclic) bond motifs is 1. The van der Waals surface area contributed by atoms with E-state index in [1.807, 2.05) is 6.92 Å². The molecule has 1 amide bonds. The normalized spacial score (nSPS) is 10.8. The van der Waals surface area contributed by atoms with Gasteiger partial charge in [-0.05, 0) is 24.6 Å². The first-order valence-electron chi connectivity index (χ1n) is 5.73. The molecule has 2 aromatic heterocycles. The number of oxazole rings is 1. The lowest BCUT2D eigenvalue weighted by molar-refractivity contribution is 0.102. The van der Waals surface area contributed by atoms with Crippen molar-refractivity contribution in [2.75, 3.05) is 5.32 Å². The number of nitrogens with one attached hydrogen (secondary N) is 1. The molecule has 1 aromatic carbocycles. The highest BCUT2D eigenvalue weighted by atomic mass is 32.1. The zero-order valence-corrected chi connectivity index (χ0v) is 10.9. The molecule has 3 rings (SSSR count). The molecule has 0 aliphatic rings. The van der Waals surface area contributed by atoms with Crippen LogP contribution < -0.4 is 5.32 Å². The summed E-state index contributed by atoms with van der Waals surface area (Å²) < 4.78 is 5.13. The Morgan fingerprint density at radius 1 is 1.42 bits per heavy atom. The minimum atomic E-state index is -0.233. The minimum absolute atomic E-state index is 0.233. The van der Waals surface area contributed by atoms with E-state index in [1.54, 1.807) is 18.2 Å². The molecular weight excluding hydrogens is 264 g/mol. The van der Waals surface area contributed by atoms with Crippen LogP contribution in [0.25, 0.3) is 11.1 Å². The van der Waals surface area contributed by atoms with Gasteiger partial charge in [0, 0.05) is 5.56 Å². The quantitative estimate of drug-likeness (QED) is 0.793. The zero-order valence-electron chi connectivity index (χ0n) is 10.1. The number of benzene rings is 1. The number of rotatable bonds is 3. The lowest BCUT2D eigenvalue weighted by atomic mass is 10.2. The number of nitrogens with zero attached hydrogens (tertiary/aromatic N) is 3. The van der Waals surface area contributed by atoms with Crippen LogP contribution in [-0.2, 0) is 6.42 Å². The maximum absolute atomic E-state index is 12.0. The molecule has 7 heteroatoms. The molecule has 0 fully saturated rings. The molecule has 19 heavy (non-hydrogen) atoms. The standard InChI is InChI=1S/C12H10N4O2S/c1-2-10-15-16-12(19-10)14-11(17)7-3-4-9-8(5-7)13-6-18-9/h3-6H,2H2,1H3,(H,14,16,17). The summed E-state index contributed by atoms with van der Waals surface area (Å²) in [5, 5.41) is 12.0. The van der Waals surface area contributed by atoms with E-state index >= 15 is 0 Å². The first-order valence-corrected chi connectivity index (χ1v) is 6.55. The highest BCUT2D eigenvalue weighted by Gasteiger charge is 2.11. The predicted octanol–water partition coefficient (Wildman–Crippen LogP) is 2.49. The van der Waals surface area contributed by atoms with Gasteiger partial charge in [-0.25, -0.2) is 4.98 Å². The van der Waals surface area contributed by atoms with Crippen molar-refractivity contribution in [3.05, 3.63) is 35.2 Å². The fraction of sp³-hybridized carbons (Fsp3) is 0.167. The van der Waals surface area contributed by atoms with Gasteiger partial charge in [0.2, 0.25) is 5.13 Å². The van der Waals surface area contributed by atoms with Crippen molar-refractivity contribution < 1.29 is 9.21 Å². The number of hydrogen-bond donors (Lipinski definition) is 1. The average Bonchev–Trinajstić information content (AvgIpc) is 3.05. The monoisotopic (exact) mass is 274 g/mol. The molecule has 0 atom stereocenters. The summed E-state index contributed by atoms with van der Waals surface area (Å²) >= 11 is 1.37. The molecule has 0 unspecified atom stereocenters. The highest BCUT2D eigenvalue weighted by Crippen LogP contribution is 2.18. The van der Waals surface area contributed by atoms with E-state index in [2.05, 4.69) is 20.5 Å². The summed E-state index contributed by atoms with van der Waals surface area (Å²) in [5.74, 6) is -0.233. The topological polar surface area (TPSA) is 80.9 Å². The largest absolute Gasteiger partial charge is 0.443 e. The zero-order chi connectivity index (χ0) is 13.2. The van der Waals surface area contributed by atoms with Crippen LogP contribution in [0.2, 0.25) is 0 Å². The van der Waals surface area contributed by atoms with Gasteiger partial charge in [0.15, 0.2) is 12.0 Å². The van der Waals surface area contributed by atoms with Crippen molar-refractivity contribution in [2.45, 2.75) is 13.3 Å². The van der Waals surface area contributed by atoms with Crippen LogP contribution >= 0.6 is 11.3 Å². The van der Waals surface area contributed by atoms with Gasteiger partial charge in [-0.1, -0.05) is 18.3 Å². The van der Waals surface area contributed by atoms with Crippen molar-refractivity contribution in [1.82, 2.24) is 15.2 Å². The van der Waals surface area contributed by atoms with Gasteiger partial charge in [0.05, 0.1) is 0 Å². The summed E-state index contributed by atoms with van der Waals surface area (Å²) in [6.07, 6.45) is 2.16. The predicted molar refractivity (Wildman–Crippen MR) is 71.2 cm³/mol. The number of aromatic nitrogens is 3. The summed E-state index contributed by atoms with van der Waals surface area (Å²) in [6.45, 7) is 1.99. The van der Waals surface area contributed by atoms with Gasteiger partial charge in [-0.3, -0.25) is 10.1 Å². The van der Waals surface area contributed by atoms with Crippen LogP contribution in [0.15, 0.2) is 29.0 Å². The summed E-state index contributed by atoms with van der Waals surface area (Å²) in [5.41, 5.74) is 1.81. The number of carbonyl (C=O) groups is 1. The van der Waals surface area contributed by atoms with E-state index in [1.165, 1.54) is 17.7 Å². The number of aryl methyl sites for hydroxylation is 1. The lowest BCUT2D eigenvalue weighted by Crippen LogP contribution is -2.11. The Hall–Kier alpha value is -2.28. The SMILES string of the molecule is CCc1nnc(NC(=O)c2ccc3ocnc3c2)s1. The number of carbonyl (C=O) groups excluding carboxylic acids is 1. The van der Waals surface area contributed by atoms with E-state index < -0.39 is 0 Å². The maximum atomic E-state index is 12.0. The third kappa shape index (κ3) is 2.32. The van der Waals surface area contributed by atoms with Crippen molar-refractivity contribution in [3.8, 4) is 0 Å². The molecule has 0 radical (unpaired) electrons. The van der Waals surface area contributed by atoms with Crippen molar-refractivity contribution in [3.63, 3.8) is 0 Å². The summed E-state index contributed by atoms with van der Waals surface area (Å²) in [7, 11) is 0. The third-order valence-electron chi connectivity index (χ3n) is 2.58. The van der Waals surface area contributed by atoms with Gasteiger partial charge in [-0.15, -0.1) is 10.2 Å². The Labute approximate surface area is 112 Å². The van der Waals surface area contributed by atoms with Crippen LogP contribution in [-0.4, -0.2) is 21.1 Å². The highest BCUT2D eigenvalue weighted by molar-refractivity contribution is 7.15. The molecule has 6 nitrogen and oxygen atoms in total. The first-order chi connectivity index (χ1) is 9.26. The van der Waals surface area contributed by atoms with Crippen LogP contribution in [0.4, 0.5) is 5.13 Å². The minimum Gasteiger partial charge on any atom is -0.443 e. The molecule has 1 N–H and O–H groups in total. The van der Waals surface area contributed by atoms with Crippen LogP contribution in [0.3, 0.4) is 0 Å². The van der Waals surface area contributed by atoms with E-state index in [9.17, 15) is 4.79 Å². The fourth-order valence-corrected chi connectivity index (χ4v) is 2.29. The number of hydrogen-bond acceptors (Lipinski definition) is 6. The molecule has 2 heterocycles. The summed E-state index contributed by atoms with van der Waals surface area (Å²) in [6, 6.07) is 5.08. The molecule has 0 bridgehead atoms. The first kappa shape index (κ1) is 11.8. The average molecular weight is 274 g/mol. The molecule has 3 aromatic rings. The van der Waals surface area contributed by atoms with Crippen LogP contribution in [0, 0.1) is 0 Å². The second-order valence-corrected chi connectivity index (χ2v) is 4.91. The Morgan fingerprint density at radius 2 is 2.32 bits per heavy atom. The van der Waals surface area contributed by atoms with Gasteiger partial charge in [-0.2, -0.15) is 0 Å². The fourth-order valence-electron chi connectivity index (χ4n) is 1.62. The lowest BCUT2D eigenvalue weighted by Gasteiger charge is -2.00. The van der Waals surface area contributed by atoms with Crippen molar-refractivity contribution in [1.29, 1.82) is 0 Å². The Morgan fingerprint density at radius 3 is 3.11 bits per heavy atom. The molecule has 0 aliphatic heterocycles. The van der Waals surface area contributed by atoms with Crippen molar-refractivity contribution >= 4 is 33.5 Å². The van der Waals surface area contributed by atoms with Crippen molar-refractivity contribution in [2.24, 2.45) is 0 Å². The number of anilines is 1. The molecule has 0 saturated carbocycles. The summed E-state index contributed by atoms with van der Waals surface area (Å²) in [4.78, 5) is 16.1. The molecule has 0 aliphatic carbocycles. The third-order valence-corrected chi connectivity index (χ3v) is 3.57. The second-order valence-electron chi connectivity index (χ2n) is 3.84. The van der Waals surface area contributed by atoms with E-state index in [-0.39, 0.29) is 5.91 Å². The van der Waals surface area contributed by atoms with E-state index in [4.69, 9.17) is 4.42 Å². The molecule has 96 valence electrons. The molecular formula is C12H10N4O2S. The Kier molecular flexibility index (Phi) is 2.96. The van der Waals surface area contributed by atoms with Gasteiger partial charge in [0.1, 0.15) is 10.5 Å². The Balaban J connectivity index is 1.82. The van der Waals surface area contributed by atoms with Gasteiger partial charge < -0.3 is 4.42 Å². The van der Waals surface area contributed by atoms with E-state index in [0.29, 0.717) is 21.8 Å². The Bertz CT molecular complexity index is 734. The smallest absolute Gasteiger partial charge is 0.257 e. The van der Waals surface area contributed by atoms with E-state index in [0.717, 1.165) is 11.4 Å². The second kappa shape index (κ2) is 4.77. The maximum Gasteiger partial charge on any atom is 0.257 e. The van der Waals surface area contributed by atoms with Gasteiger partial charge >= 0.3 is 0 Å².